The van der Waals surface area contributed by atoms with Crippen molar-refractivity contribution >= 4 is 0 Å². The molecule has 0 fully saturated rings. The first-order valence-corrected chi connectivity index (χ1v) is 4.78. The molecular formula is C10H9N3O4. The molecule has 1 heterocycles. The van der Waals surface area contributed by atoms with Gasteiger partial charge in [0.1, 0.15) is 0 Å². The van der Waals surface area contributed by atoms with Crippen molar-refractivity contribution in [1.82, 2.24) is 14.5 Å². The molecule has 2 rings (SSSR count). The van der Waals surface area contributed by atoms with Crippen LogP contribution >= 0.6 is 0 Å². The van der Waals surface area contributed by atoms with Crippen molar-refractivity contribution < 1.29 is 5.11 Å². The maximum Gasteiger partial charge on any atom is 0.336 e. The van der Waals surface area contributed by atoms with E-state index in [1.807, 2.05) is 9.97 Å². The van der Waals surface area contributed by atoms with E-state index in [0.717, 1.165) is 0 Å². The van der Waals surface area contributed by atoms with E-state index < -0.39 is 23.3 Å². The minimum Gasteiger partial charge on any atom is -0.369 e. The van der Waals surface area contributed by atoms with Crippen LogP contribution in [0.1, 0.15) is 11.8 Å². The second-order valence-electron chi connectivity index (χ2n) is 3.34. The maximum absolute atomic E-state index is 11.4. The van der Waals surface area contributed by atoms with E-state index in [1.54, 1.807) is 30.3 Å². The second-order valence-corrected chi connectivity index (χ2v) is 3.34. The van der Waals surface area contributed by atoms with E-state index in [2.05, 4.69) is 0 Å². The van der Waals surface area contributed by atoms with Gasteiger partial charge >= 0.3 is 17.1 Å². The van der Waals surface area contributed by atoms with E-state index in [4.69, 9.17) is 0 Å². The summed E-state index contributed by atoms with van der Waals surface area (Å²) in [7, 11) is 0. The molecule has 7 heteroatoms. The lowest BCUT2D eigenvalue weighted by molar-refractivity contribution is 0.134. The normalized spacial score (nSPS) is 12.3. The highest BCUT2D eigenvalue weighted by Gasteiger charge is 2.14. The summed E-state index contributed by atoms with van der Waals surface area (Å²) in [5, 5.41) is 9.87. The Labute approximate surface area is 94.0 Å². The van der Waals surface area contributed by atoms with Gasteiger partial charge in [-0.3, -0.25) is 9.97 Å². The number of nitrogens with zero attached hydrogens (tertiary/aromatic N) is 1. The predicted molar refractivity (Wildman–Crippen MR) is 58.7 cm³/mol. The van der Waals surface area contributed by atoms with Gasteiger partial charge in [-0.1, -0.05) is 30.3 Å². The molecule has 1 unspecified atom stereocenters. The summed E-state index contributed by atoms with van der Waals surface area (Å²) in [6.07, 6.45) is -1.44. The van der Waals surface area contributed by atoms with E-state index >= 15 is 0 Å². The third kappa shape index (κ3) is 2.08. The van der Waals surface area contributed by atoms with Gasteiger partial charge in [-0.2, -0.15) is 0 Å². The first-order valence-electron chi connectivity index (χ1n) is 4.78. The van der Waals surface area contributed by atoms with Gasteiger partial charge in [0.2, 0.25) is 0 Å². The Bertz CT molecular complexity index is 649. The van der Waals surface area contributed by atoms with Gasteiger partial charge in [0.25, 0.3) is 0 Å². The Morgan fingerprint density at radius 2 is 1.53 bits per heavy atom. The molecule has 0 aliphatic rings. The highest BCUT2D eigenvalue weighted by atomic mass is 16.3. The quantitative estimate of drug-likeness (QED) is 0.605. The van der Waals surface area contributed by atoms with Crippen LogP contribution in [0.25, 0.3) is 0 Å². The Morgan fingerprint density at radius 1 is 1.00 bits per heavy atom. The average Bonchev–Trinajstić information content (AvgIpc) is 2.28. The molecule has 3 N–H and O–H groups in total. The lowest BCUT2D eigenvalue weighted by Crippen LogP contribution is -2.45. The van der Waals surface area contributed by atoms with Crippen LogP contribution in [0.3, 0.4) is 0 Å². The molecule has 0 aliphatic heterocycles. The topological polar surface area (TPSA) is 108 Å². The molecule has 0 aliphatic carbocycles. The zero-order chi connectivity index (χ0) is 12.4. The lowest BCUT2D eigenvalue weighted by Gasteiger charge is -2.11. The smallest absolute Gasteiger partial charge is 0.336 e. The van der Waals surface area contributed by atoms with Crippen molar-refractivity contribution in [2.75, 3.05) is 0 Å². The van der Waals surface area contributed by atoms with Gasteiger partial charge in [-0.05, 0) is 0 Å². The number of aliphatic hydroxyl groups is 1. The minimum atomic E-state index is -1.44. The number of nitrogens with one attached hydrogen (secondary N) is 2. The number of rotatable bonds is 2. The molecule has 7 nitrogen and oxygen atoms in total. The number of hydrogen-bond donors (Lipinski definition) is 3. The Kier molecular flexibility index (Phi) is 2.75. The van der Waals surface area contributed by atoms with Gasteiger partial charge in [-0.15, -0.1) is 0 Å². The molecule has 17 heavy (non-hydrogen) atoms. The first kappa shape index (κ1) is 11.1. The third-order valence-electron chi connectivity index (χ3n) is 2.22. The fraction of sp³-hybridized carbons (Fsp3) is 0.100. The summed E-state index contributed by atoms with van der Waals surface area (Å²) in [6.45, 7) is 0. The van der Waals surface area contributed by atoms with Crippen molar-refractivity contribution in [3.63, 3.8) is 0 Å². The monoisotopic (exact) mass is 235 g/mol. The Hall–Kier alpha value is -2.41. The summed E-state index contributed by atoms with van der Waals surface area (Å²) in [6, 6.07) is 8.16. The fourth-order valence-corrected chi connectivity index (χ4v) is 1.43. The predicted octanol–water partition coefficient (Wildman–Crippen LogP) is -1.24. The largest absolute Gasteiger partial charge is 0.369 e. The summed E-state index contributed by atoms with van der Waals surface area (Å²) >= 11 is 0. The van der Waals surface area contributed by atoms with Crippen LogP contribution in [0.4, 0.5) is 0 Å². The number of H-pyrrole nitrogens is 2. The van der Waals surface area contributed by atoms with Crippen molar-refractivity contribution in [2.24, 2.45) is 0 Å². The van der Waals surface area contributed by atoms with Crippen LogP contribution < -0.4 is 17.1 Å². The minimum absolute atomic E-state index is 0.368. The SMILES string of the molecule is O=c1[nH]c(=O)n(C(O)c2ccccc2)c(=O)[nH]1. The first-order chi connectivity index (χ1) is 8.09. The van der Waals surface area contributed by atoms with Crippen LogP contribution in [0.2, 0.25) is 0 Å². The van der Waals surface area contributed by atoms with E-state index in [1.165, 1.54) is 0 Å². The molecule has 0 saturated heterocycles. The van der Waals surface area contributed by atoms with Crippen LogP contribution in [-0.2, 0) is 0 Å². The van der Waals surface area contributed by atoms with Crippen LogP contribution in [0.15, 0.2) is 44.7 Å². The van der Waals surface area contributed by atoms with Gasteiger partial charge in [0.05, 0.1) is 0 Å². The van der Waals surface area contributed by atoms with Gasteiger partial charge in [0, 0.05) is 5.56 Å². The highest BCUT2D eigenvalue weighted by Crippen LogP contribution is 2.10. The van der Waals surface area contributed by atoms with Crippen LogP contribution in [0, 0.1) is 0 Å². The summed E-state index contributed by atoms with van der Waals surface area (Å²) < 4.78 is 0.525. The molecular weight excluding hydrogens is 226 g/mol. The number of aromatic nitrogens is 3. The van der Waals surface area contributed by atoms with E-state index in [-0.39, 0.29) is 0 Å². The number of hydrogen-bond acceptors (Lipinski definition) is 4. The molecule has 1 atom stereocenters. The summed E-state index contributed by atoms with van der Waals surface area (Å²) in [4.78, 5) is 37.4. The highest BCUT2D eigenvalue weighted by molar-refractivity contribution is 5.17. The summed E-state index contributed by atoms with van der Waals surface area (Å²) in [5.41, 5.74) is -2.46. The van der Waals surface area contributed by atoms with Crippen molar-refractivity contribution in [3.8, 4) is 0 Å². The molecule has 0 spiro atoms. The molecule has 0 radical (unpaired) electrons. The molecule has 0 bridgehead atoms. The fourth-order valence-electron chi connectivity index (χ4n) is 1.43. The average molecular weight is 235 g/mol. The lowest BCUT2D eigenvalue weighted by atomic mass is 10.2. The van der Waals surface area contributed by atoms with Crippen molar-refractivity contribution in [3.05, 3.63) is 67.3 Å². The number of aliphatic hydroxyl groups excluding tert-OH is 1. The molecule has 2 aromatic rings. The maximum atomic E-state index is 11.4. The molecule has 0 saturated carbocycles. The molecule has 1 aromatic heterocycles. The van der Waals surface area contributed by atoms with Crippen LogP contribution in [0.5, 0.6) is 0 Å². The number of aromatic amines is 2. The molecule has 88 valence electrons. The Balaban J connectivity index is 2.60. The van der Waals surface area contributed by atoms with Gasteiger partial charge in [-0.25, -0.2) is 19.0 Å². The summed E-state index contributed by atoms with van der Waals surface area (Å²) in [5.74, 6) is 0. The standard InChI is InChI=1S/C10H9N3O4/c14-7(6-4-2-1-3-5-6)13-9(16)11-8(15)12-10(13)17/h1-5,7,14H,(H2,11,12,15,16,17). The molecule has 1 aromatic carbocycles. The third-order valence-corrected chi connectivity index (χ3v) is 2.22. The van der Waals surface area contributed by atoms with Gasteiger partial charge in [0.15, 0.2) is 6.23 Å². The Morgan fingerprint density at radius 3 is 2.06 bits per heavy atom. The van der Waals surface area contributed by atoms with Crippen molar-refractivity contribution in [2.45, 2.75) is 6.23 Å². The molecule has 0 amide bonds. The van der Waals surface area contributed by atoms with E-state index in [0.29, 0.717) is 10.1 Å². The zero-order valence-corrected chi connectivity index (χ0v) is 8.58. The van der Waals surface area contributed by atoms with E-state index in [9.17, 15) is 19.5 Å². The van der Waals surface area contributed by atoms with Crippen LogP contribution in [-0.4, -0.2) is 19.6 Å². The zero-order valence-electron chi connectivity index (χ0n) is 8.58. The second kappa shape index (κ2) is 4.22. The van der Waals surface area contributed by atoms with Crippen molar-refractivity contribution in [1.29, 1.82) is 0 Å². The number of benzene rings is 1. The van der Waals surface area contributed by atoms with Gasteiger partial charge < -0.3 is 5.11 Å².